The molecule has 8 heteroatoms. The number of nitrogens with two attached hydrogens (primary N) is 1. The first kappa shape index (κ1) is 14.3. The second-order valence-corrected chi connectivity index (χ2v) is 4.05. The lowest BCUT2D eigenvalue weighted by molar-refractivity contribution is 0.352. The molecule has 2 rings (SSSR count). The summed E-state index contributed by atoms with van der Waals surface area (Å²) >= 11 is 0. The minimum Gasteiger partial charge on any atom is -0.759 e. The van der Waals surface area contributed by atoms with Crippen molar-refractivity contribution in [3.05, 3.63) is 48.3 Å². The Labute approximate surface area is 104 Å². The van der Waals surface area contributed by atoms with Crippen LogP contribution in [0.5, 0.6) is 0 Å². The SMILES string of the molecule is NCc1cccc(-n2cccn2)c1.O=S(=O)([O-])[O-]. The maximum absolute atomic E-state index is 8.52. The highest BCUT2D eigenvalue weighted by Crippen LogP contribution is 2.08. The van der Waals surface area contributed by atoms with Gasteiger partial charge in [-0.05, 0) is 23.8 Å². The smallest absolute Gasteiger partial charge is 0.0648 e. The molecule has 0 saturated carbocycles. The lowest BCUT2D eigenvalue weighted by Crippen LogP contribution is -1.99. The number of aromatic nitrogens is 2. The molecule has 1 aromatic carbocycles. The normalized spacial score (nSPS) is 10.6. The maximum Gasteiger partial charge on any atom is 0.0648 e. The third-order valence-corrected chi connectivity index (χ3v) is 1.92. The summed E-state index contributed by atoms with van der Waals surface area (Å²) < 4.78 is 35.9. The fourth-order valence-corrected chi connectivity index (χ4v) is 1.25. The van der Waals surface area contributed by atoms with Crippen molar-refractivity contribution in [3.8, 4) is 5.69 Å². The summed E-state index contributed by atoms with van der Waals surface area (Å²) in [6.07, 6.45) is 3.67. The average Bonchev–Trinajstić information content (AvgIpc) is 2.80. The largest absolute Gasteiger partial charge is 0.759 e. The second kappa shape index (κ2) is 6.26. The van der Waals surface area contributed by atoms with Gasteiger partial charge in [0.05, 0.1) is 5.69 Å². The van der Waals surface area contributed by atoms with Crippen molar-refractivity contribution >= 4 is 10.4 Å². The van der Waals surface area contributed by atoms with Crippen LogP contribution in [-0.4, -0.2) is 27.3 Å². The van der Waals surface area contributed by atoms with Crippen LogP contribution < -0.4 is 5.73 Å². The van der Waals surface area contributed by atoms with Gasteiger partial charge in [0, 0.05) is 29.3 Å². The van der Waals surface area contributed by atoms with Gasteiger partial charge in [0.2, 0.25) is 0 Å². The molecule has 98 valence electrons. The number of hydrogen-bond donors (Lipinski definition) is 1. The van der Waals surface area contributed by atoms with Gasteiger partial charge in [0.15, 0.2) is 0 Å². The van der Waals surface area contributed by atoms with Gasteiger partial charge >= 0.3 is 0 Å². The van der Waals surface area contributed by atoms with Gasteiger partial charge in [0.25, 0.3) is 0 Å². The summed E-state index contributed by atoms with van der Waals surface area (Å²) in [6, 6.07) is 9.93. The van der Waals surface area contributed by atoms with Crippen LogP contribution in [0.15, 0.2) is 42.7 Å². The molecule has 0 saturated heterocycles. The van der Waals surface area contributed by atoms with Crippen molar-refractivity contribution in [2.24, 2.45) is 5.73 Å². The van der Waals surface area contributed by atoms with Gasteiger partial charge in [-0.3, -0.25) is 8.42 Å². The van der Waals surface area contributed by atoms with Crippen molar-refractivity contribution < 1.29 is 17.5 Å². The third kappa shape index (κ3) is 5.55. The van der Waals surface area contributed by atoms with Gasteiger partial charge in [-0.15, -0.1) is 0 Å². The van der Waals surface area contributed by atoms with Gasteiger partial charge in [-0.1, -0.05) is 12.1 Å². The minimum atomic E-state index is -5.17. The summed E-state index contributed by atoms with van der Waals surface area (Å²) in [4.78, 5) is 0. The van der Waals surface area contributed by atoms with Gasteiger partial charge in [-0.25, -0.2) is 4.68 Å². The molecule has 0 bridgehead atoms. The summed E-state index contributed by atoms with van der Waals surface area (Å²) in [7, 11) is -5.17. The number of hydrogen-bond acceptors (Lipinski definition) is 6. The van der Waals surface area contributed by atoms with Gasteiger partial charge in [0.1, 0.15) is 0 Å². The van der Waals surface area contributed by atoms with Crippen molar-refractivity contribution in [1.82, 2.24) is 9.78 Å². The topological polar surface area (TPSA) is 124 Å². The Morgan fingerprint density at radius 1 is 1.28 bits per heavy atom. The van der Waals surface area contributed by atoms with E-state index in [4.69, 9.17) is 23.3 Å². The Kier molecular flexibility index (Phi) is 4.98. The second-order valence-electron chi connectivity index (χ2n) is 3.23. The van der Waals surface area contributed by atoms with Crippen LogP contribution >= 0.6 is 0 Å². The van der Waals surface area contributed by atoms with Gasteiger partial charge in [-0.2, -0.15) is 5.10 Å². The third-order valence-electron chi connectivity index (χ3n) is 1.92. The minimum absolute atomic E-state index is 0.565. The molecule has 0 aliphatic heterocycles. The van der Waals surface area contributed by atoms with E-state index in [0.29, 0.717) is 6.54 Å². The first-order chi connectivity index (χ1) is 8.40. The molecular weight excluding hydrogens is 258 g/mol. The molecule has 0 spiro atoms. The monoisotopic (exact) mass is 269 g/mol. The molecule has 1 aromatic heterocycles. The fraction of sp³-hybridized carbons (Fsp3) is 0.100. The van der Waals surface area contributed by atoms with Crippen LogP contribution in [0.25, 0.3) is 5.69 Å². The summed E-state index contributed by atoms with van der Waals surface area (Å²) in [5, 5.41) is 4.14. The summed E-state index contributed by atoms with van der Waals surface area (Å²) in [5.74, 6) is 0. The van der Waals surface area contributed by atoms with Crippen LogP contribution in [0.3, 0.4) is 0 Å². The highest BCUT2D eigenvalue weighted by molar-refractivity contribution is 7.79. The standard InChI is InChI=1S/C10H11N3.H2O4S/c11-8-9-3-1-4-10(7-9)13-6-2-5-12-13;1-5(2,3)4/h1-7H,8,11H2;(H2,1,2,3,4)/p-2. The fourth-order valence-electron chi connectivity index (χ4n) is 1.25. The molecule has 0 aliphatic rings. The van der Waals surface area contributed by atoms with E-state index in [2.05, 4.69) is 5.10 Å². The Hall–Kier alpha value is -1.74. The molecule has 7 nitrogen and oxygen atoms in total. The first-order valence-corrected chi connectivity index (χ1v) is 6.19. The van der Waals surface area contributed by atoms with Gasteiger partial charge < -0.3 is 14.8 Å². The van der Waals surface area contributed by atoms with Crippen LogP contribution in [0.1, 0.15) is 5.56 Å². The van der Waals surface area contributed by atoms with E-state index in [0.717, 1.165) is 11.3 Å². The molecule has 0 aliphatic carbocycles. The zero-order chi connectivity index (χ0) is 13.6. The zero-order valence-electron chi connectivity index (χ0n) is 9.26. The van der Waals surface area contributed by atoms with Crippen molar-refractivity contribution in [1.29, 1.82) is 0 Å². The molecular formula is C10H11N3O4S-2. The Morgan fingerprint density at radius 2 is 1.94 bits per heavy atom. The quantitative estimate of drug-likeness (QED) is 0.604. The van der Waals surface area contributed by atoms with Crippen LogP contribution in [-0.2, 0) is 16.9 Å². The van der Waals surface area contributed by atoms with Crippen LogP contribution in [0.2, 0.25) is 0 Å². The highest BCUT2D eigenvalue weighted by Gasteiger charge is 1.95. The molecule has 0 radical (unpaired) electrons. The van der Waals surface area contributed by atoms with E-state index >= 15 is 0 Å². The molecule has 2 N–H and O–H groups in total. The van der Waals surface area contributed by atoms with E-state index < -0.39 is 10.4 Å². The Balaban J connectivity index is 0.000000280. The van der Waals surface area contributed by atoms with E-state index in [-0.39, 0.29) is 0 Å². The maximum atomic E-state index is 8.52. The lowest BCUT2D eigenvalue weighted by Gasteiger charge is -2.06. The van der Waals surface area contributed by atoms with Crippen molar-refractivity contribution in [3.63, 3.8) is 0 Å². The Morgan fingerprint density at radius 3 is 2.44 bits per heavy atom. The lowest BCUT2D eigenvalue weighted by atomic mass is 10.2. The highest BCUT2D eigenvalue weighted by atomic mass is 32.3. The molecule has 18 heavy (non-hydrogen) atoms. The number of benzene rings is 1. The Bertz CT molecular complexity index is 573. The molecule has 0 unspecified atom stereocenters. The van der Waals surface area contributed by atoms with E-state index in [1.807, 2.05) is 41.2 Å². The van der Waals surface area contributed by atoms with E-state index in [1.54, 1.807) is 6.20 Å². The van der Waals surface area contributed by atoms with E-state index in [1.165, 1.54) is 0 Å². The van der Waals surface area contributed by atoms with Crippen molar-refractivity contribution in [2.45, 2.75) is 6.54 Å². The average molecular weight is 269 g/mol. The molecule has 0 amide bonds. The van der Waals surface area contributed by atoms with Crippen molar-refractivity contribution in [2.75, 3.05) is 0 Å². The number of rotatable bonds is 2. The molecule has 2 aromatic rings. The molecule has 0 atom stereocenters. The predicted octanol–water partition coefficient (Wildman–Crippen LogP) is -0.00700. The predicted molar refractivity (Wildman–Crippen MR) is 61.9 cm³/mol. The summed E-state index contributed by atoms with van der Waals surface area (Å²) in [6.45, 7) is 0.565. The molecule has 1 heterocycles. The van der Waals surface area contributed by atoms with Crippen LogP contribution in [0, 0.1) is 0 Å². The van der Waals surface area contributed by atoms with E-state index in [9.17, 15) is 0 Å². The summed E-state index contributed by atoms with van der Waals surface area (Å²) in [5.41, 5.74) is 7.71. The first-order valence-electron chi connectivity index (χ1n) is 4.86. The van der Waals surface area contributed by atoms with Crippen LogP contribution in [0.4, 0.5) is 0 Å². The zero-order valence-corrected chi connectivity index (χ0v) is 10.1. The number of nitrogens with zero attached hydrogens (tertiary/aromatic N) is 2. The molecule has 0 fully saturated rings.